The maximum absolute atomic E-state index is 13.2. The minimum atomic E-state index is -1.53. The summed E-state index contributed by atoms with van der Waals surface area (Å²) in [5.41, 5.74) is 0. The first kappa shape index (κ1) is 10.8. The fourth-order valence-electron chi connectivity index (χ4n) is 1.69. The molecule has 0 spiro atoms. The topological polar surface area (TPSA) is 26.3 Å². The first-order valence-corrected chi connectivity index (χ1v) is 6.13. The minimum Gasteiger partial charge on any atom is -0.280 e. The van der Waals surface area contributed by atoms with E-state index in [1.807, 2.05) is 6.07 Å². The maximum Gasteiger partial charge on any atom is 0.189 e. The Morgan fingerprint density at radius 1 is 1.27 bits per heavy atom. The molecule has 1 saturated carbocycles. The zero-order chi connectivity index (χ0) is 10.7. The van der Waals surface area contributed by atoms with Crippen LogP contribution in [0, 0.1) is 0 Å². The summed E-state index contributed by atoms with van der Waals surface area (Å²) in [4.78, 5) is 0.594. The van der Waals surface area contributed by atoms with Gasteiger partial charge in [-0.25, -0.2) is 8.60 Å². The van der Waals surface area contributed by atoms with E-state index in [0.29, 0.717) is 17.7 Å². The summed E-state index contributed by atoms with van der Waals surface area (Å²) in [5, 5.41) is 0. The second-order valence-electron chi connectivity index (χ2n) is 3.63. The van der Waals surface area contributed by atoms with Crippen LogP contribution in [0.5, 0.6) is 0 Å². The van der Waals surface area contributed by atoms with Crippen molar-refractivity contribution in [3.05, 3.63) is 30.3 Å². The molecule has 1 fully saturated rings. The summed E-state index contributed by atoms with van der Waals surface area (Å²) in [7, 11) is 0. The van der Waals surface area contributed by atoms with Crippen LogP contribution < -0.4 is 0 Å². The Hall–Kier alpha value is -0.740. The van der Waals surface area contributed by atoms with Crippen molar-refractivity contribution in [2.75, 3.05) is 0 Å². The van der Waals surface area contributed by atoms with Gasteiger partial charge in [-0.3, -0.25) is 4.18 Å². The van der Waals surface area contributed by atoms with Crippen molar-refractivity contribution < 1.29 is 12.8 Å². The largest absolute Gasteiger partial charge is 0.280 e. The first-order valence-electron chi connectivity index (χ1n) is 5.05. The van der Waals surface area contributed by atoms with Crippen molar-refractivity contribution in [2.24, 2.45) is 0 Å². The number of halogens is 1. The highest BCUT2D eigenvalue weighted by molar-refractivity contribution is 7.80. The normalized spacial score (nSPS) is 27.8. The quantitative estimate of drug-likeness (QED) is 0.795. The second-order valence-corrected chi connectivity index (χ2v) is 4.76. The number of hydrogen-bond acceptors (Lipinski definition) is 2. The van der Waals surface area contributed by atoms with Crippen LogP contribution in [0.1, 0.15) is 19.3 Å². The molecule has 0 aliphatic heterocycles. The highest BCUT2D eigenvalue weighted by Crippen LogP contribution is 2.26. The molecular formula is C11H13FO2S. The Morgan fingerprint density at radius 2 is 2.00 bits per heavy atom. The summed E-state index contributed by atoms with van der Waals surface area (Å²) in [6.07, 6.45) is 0.553. The van der Waals surface area contributed by atoms with Gasteiger partial charge in [-0.1, -0.05) is 18.2 Å². The first-order chi connectivity index (χ1) is 7.27. The number of alkyl halides is 1. The lowest BCUT2D eigenvalue weighted by Crippen LogP contribution is -2.20. The molecule has 1 aromatic carbocycles. The fraction of sp³-hybridized carbons (Fsp3) is 0.455. The molecular weight excluding hydrogens is 215 g/mol. The summed E-state index contributed by atoms with van der Waals surface area (Å²) < 4.78 is 30.1. The van der Waals surface area contributed by atoms with Crippen LogP contribution in [0.25, 0.3) is 0 Å². The molecule has 2 rings (SSSR count). The summed E-state index contributed by atoms with van der Waals surface area (Å²) in [5.74, 6) is 0. The van der Waals surface area contributed by atoms with Gasteiger partial charge < -0.3 is 0 Å². The Kier molecular flexibility index (Phi) is 3.49. The van der Waals surface area contributed by atoms with Crippen molar-refractivity contribution in [1.82, 2.24) is 0 Å². The standard InChI is InChI=1S/C11H13FO2S/c12-10-7-4-8-11(10)14-15(13)9-5-2-1-3-6-9/h1-3,5-6,10-11H,4,7-8H2/t10-,11-,15?/m1/s1. The predicted molar refractivity (Wildman–Crippen MR) is 56.5 cm³/mol. The molecule has 1 aliphatic carbocycles. The van der Waals surface area contributed by atoms with E-state index in [1.165, 1.54) is 0 Å². The summed E-state index contributed by atoms with van der Waals surface area (Å²) in [6, 6.07) is 8.86. The molecule has 1 aliphatic rings. The smallest absolute Gasteiger partial charge is 0.189 e. The lowest BCUT2D eigenvalue weighted by atomic mass is 10.3. The molecule has 0 saturated heterocycles. The minimum absolute atomic E-state index is 0.494. The Labute approximate surface area is 91.1 Å². The highest BCUT2D eigenvalue weighted by atomic mass is 32.2. The van der Waals surface area contributed by atoms with E-state index in [9.17, 15) is 8.60 Å². The maximum atomic E-state index is 13.2. The van der Waals surface area contributed by atoms with E-state index in [-0.39, 0.29) is 0 Å². The van der Waals surface area contributed by atoms with Gasteiger partial charge in [-0.15, -0.1) is 0 Å². The zero-order valence-corrected chi connectivity index (χ0v) is 9.08. The van der Waals surface area contributed by atoms with Gasteiger partial charge in [-0.2, -0.15) is 0 Å². The average molecular weight is 228 g/mol. The van der Waals surface area contributed by atoms with Gasteiger partial charge in [-0.05, 0) is 31.4 Å². The van der Waals surface area contributed by atoms with E-state index in [2.05, 4.69) is 0 Å². The van der Waals surface area contributed by atoms with E-state index < -0.39 is 23.4 Å². The van der Waals surface area contributed by atoms with Crippen LogP contribution in [-0.2, 0) is 15.3 Å². The molecule has 15 heavy (non-hydrogen) atoms. The van der Waals surface area contributed by atoms with E-state index in [1.54, 1.807) is 24.3 Å². The van der Waals surface area contributed by atoms with Gasteiger partial charge in [0.05, 0.1) is 4.90 Å². The van der Waals surface area contributed by atoms with Crippen molar-refractivity contribution in [3.63, 3.8) is 0 Å². The lowest BCUT2D eigenvalue weighted by molar-refractivity contribution is 0.140. The predicted octanol–water partition coefficient (Wildman–Crippen LogP) is 2.62. The molecule has 1 aromatic rings. The average Bonchev–Trinajstić information content (AvgIpc) is 2.66. The van der Waals surface area contributed by atoms with Gasteiger partial charge in [0.1, 0.15) is 12.3 Å². The number of rotatable bonds is 3. The lowest BCUT2D eigenvalue weighted by Gasteiger charge is -2.12. The molecule has 2 nitrogen and oxygen atoms in total. The Morgan fingerprint density at radius 3 is 2.60 bits per heavy atom. The van der Waals surface area contributed by atoms with Crippen LogP contribution in [0.3, 0.4) is 0 Å². The zero-order valence-electron chi connectivity index (χ0n) is 8.27. The van der Waals surface area contributed by atoms with Gasteiger partial charge in [0.15, 0.2) is 11.1 Å². The van der Waals surface area contributed by atoms with E-state index in [4.69, 9.17) is 4.18 Å². The van der Waals surface area contributed by atoms with Crippen molar-refractivity contribution in [2.45, 2.75) is 36.4 Å². The van der Waals surface area contributed by atoms with Crippen molar-refractivity contribution in [3.8, 4) is 0 Å². The molecule has 3 atom stereocenters. The Balaban J connectivity index is 1.98. The van der Waals surface area contributed by atoms with Gasteiger partial charge in [0, 0.05) is 0 Å². The molecule has 0 radical (unpaired) electrons. The van der Waals surface area contributed by atoms with Crippen LogP contribution in [-0.4, -0.2) is 16.5 Å². The third-order valence-electron chi connectivity index (χ3n) is 2.52. The van der Waals surface area contributed by atoms with Gasteiger partial charge in [0.2, 0.25) is 0 Å². The fourth-order valence-corrected chi connectivity index (χ4v) is 2.62. The molecule has 1 unspecified atom stereocenters. The SMILES string of the molecule is O=S(O[C@@H]1CCC[C@H]1F)c1ccccc1. The molecule has 0 N–H and O–H groups in total. The van der Waals surface area contributed by atoms with Crippen molar-refractivity contribution >= 4 is 11.1 Å². The van der Waals surface area contributed by atoms with Gasteiger partial charge in [0.25, 0.3) is 0 Å². The van der Waals surface area contributed by atoms with E-state index >= 15 is 0 Å². The molecule has 0 bridgehead atoms. The molecule has 0 amide bonds. The molecule has 0 heterocycles. The van der Waals surface area contributed by atoms with Crippen LogP contribution in [0.15, 0.2) is 35.2 Å². The van der Waals surface area contributed by atoms with E-state index in [0.717, 1.165) is 6.42 Å². The summed E-state index contributed by atoms with van der Waals surface area (Å²) >= 11 is -1.53. The van der Waals surface area contributed by atoms with Crippen molar-refractivity contribution in [1.29, 1.82) is 0 Å². The number of benzene rings is 1. The Bertz CT molecular complexity index is 342. The van der Waals surface area contributed by atoms with Crippen LogP contribution >= 0.6 is 0 Å². The second kappa shape index (κ2) is 4.86. The van der Waals surface area contributed by atoms with Crippen LogP contribution in [0.4, 0.5) is 4.39 Å². The van der Waals surface area contributed by atoms with Crippen LogP contribution in [0.2, 0.25) is 0 Å². The molecule has 0 aromatic heterocycles. The number of hydrogen-bond donors (Lipinski definition) is 0. The molecule has 4 heteroatoms. The summed E-state index contributed by atoms with van der Waals surface area (Å²) in [6.45, 7) is 0. The third-order valence-corrected chi connectivity index (χ3v) is 3.60. The monoisotopic (exact) mass is 228 g/mol. The highest BCUT2D eigenvalue weighted by Gasteiger charge is 2.29. The third kappa shape index (κ3) is 2.63. The van der Waals surface area contributed by atoms with Gasteiger partial charge >= 0.3 is 0 Å². The molecule has 82 valence electrons.